The summed E-state index contributed by atoms with van der Waals surface area (Å²) >= 11 is 0. The number of aryl methyl sites for hydroxylation is 1. The molecular formula is C13H10FN3O. The van der Waals surface area contributed by atoms with Crippen molar-refractivity contribution in [3.8, 4) is 6.07 Å². The number of Topliss-reactive ketones (excluding diaryl/α,β-unsaturated/α-hetero) is 1. The number of hydrogen-bond acceptors (Lipinski definition) is 3. The number of aromatic nitrogens is 2. The first-order valence-electron chi connectivity index (χ1n) is 5.31. The van der Waals surface area contributed by atoms with Crippen molar-refractivity contribution in [3.63, 3.8) is 0 Å². The van der Waals surface area contributed by atoms with Gasteiger partial charge in [0.25, 0.3) is 0 Å². The number of hydrogen-bond donors (Lipinski definition) is 0. The number of carbonyl (C=O) groups is 1. The Labute approximate surface area is 103 Å². The van der Waals surface area contributed by atoms with Crippen LogP contribution < -0.4 is 0 Å². The van der Waals surface area contributed by atoms with Crippen LogP contribution in [0.1, 0.15) is 22.0 Å². The molecule has 0 saturated carbocycles. The smallest absolute Gasteiger partial charge is 0.204 e. The van der Waals surface area contributed by atoms with Crippen LogP contribution in [0, 0.1) is 17.1 Å². The predicted octanol–water partition coefficient (Wildman–Crippen LogP) is 2.05. The second-order valence-corrected chi connectivity index (χ2v) is 3.86. The van der Waals surface area contributed by atoms with Crippen LogP contribution in [0.4, 0.5) is 4.39 Å². The van der Waals surface area contributed by atoms with Crippen molar-refractivity contribution in [2.24, 2.45) is 7.05 Å². The lowest BCUT2D eigenvalue weighted by Gasteiger charge is -2.06. The van der Waals surface area contributed by atoms with Gasteiger partial charge in [-0.25, -0.2) is 4.39 Å². The maximum Gasteiger partial charge on any atom is 0.204 e. The fraction of sp³-hybridized carbons (Fsp3) is 0.154. The summed E-state index contributed by atoms with van der Waals surface area (Å²) in [6.45, 7) is 0. The fourth-order valence-electron chi connectivity index (χ4n) is 1.67. The summed E-state index contributed by atoms with van der Waals surface area (Å²) in [4.78, 5) is 12.1. The number of nitrogens with zero attached hydrogens (tertiary/aromatic N) is 3. The van der Waals surface area contributed by atoms with Crippen LogP contribution in [0.3, 0.4) is 0 Å². The van der Waals surface area contributed by atoms with Crippen molar-refractivity contribution in [3.05, 3.63) is 53.6 Å². The molecule has 0 saturated heterocycles. The minimum Gasteiger partial charge on any atom is -0.290 e. The monoisotopic (exact) mass is 243 g/mol. The van der Waals surface area contributed by atoms with Gasteiger partial charge in [0.05, 0.1) is 6.07 Å². The number of nitriles is 1. The largest absolute Gasteiger partial charge is 0.290 e. The third kappa shape index (κ3) is 2.28. The highest BCUT2D eigenvalue weighted by Crippen LogP contribution is 2.20. The van der Waals surface area contributed by atoms with Gasteiger partial charge in [-0.15, -0.1) is 0 Å². The molecule has 0 aliphatic carbocycles. The lowest BCUT2D eigenvalue weighted by molar-refractivity contribution is 0.0973. The average Bonchev–Trinajstić information content (AvgIpc) is 2.77. The third-order valence-electron chi connectivity index (χ3n) is 2.54. The van der Waals surface area contributed by atoms with E-state index < -0.39 is 17.5 Å². The minimum absolute atomic E-state index is 0.202. The molecule has 1 aromatic heterocycles. The van der Waals surface area contributed by atoms with Crippen molar-refractivity contribution >= 4 is 5.78 Å². The van der Waals surface area contributed by atoms with Gasteiger partial charge in [-0.05, 0) is 23.8 Å². The quantitative estimate of drug-likeness (QED) is 0.775. The van der Waals surface area contributed by atoms with E-state index in [2.05, 4.69) is 5.10 Å². The zero-order chi connectivity index (χ0) is 13.1. The standard InChI is InChI=1S/C13H10FN3O/c1-17-6-5-12(16-17)13(18)11(8-15)9-3-2-4-10(14)7-9/h2-7,11H,1H3. The van der Waals surface area contributed by atoms with E-state index in [1.165, 1.54) is 28.9 Å². The molecular weight excluding hydrogens is 233 g/mol. The maximum absolute atomic E-state index is 13.1. The van der Waals surface area contributed by atoms with E-state index in [9.17, 15) is 9.18 Å². The van der Waals surface area contributed by atoms with Crippen LogP contribution in [-0.2, 0) is 7.05 Å². The van der Waals surface area contributed by atoms with Crippen LogP contribution in [0.15, 0.2) is 36.5 Å². The molecule has 0 aliphatic rings. The Morgan fingerprint density at radius 2 is 2.28 bits per heavy atom. The molecule has 0 amide bonds. The molecule has 2 rings (SSSR count). The van der Waals surface area contributed by atoms with E-state index in [0.29, 0.717) is 5.56 Å². The van der Waals surface area contributed by atoms with E-state index >= 15 is 0 Å². The summed E-state index contributed by atoms with van der Waals surface area (Å²) in [7, 11) is 1.68. The van der Waals surface area contributed by atoms with Gasteiger partial charge in [0, 0.05) is 13.2 Å². The highest BCUT2D eigenvalue weighted by atomic mass is 19.1. The molecule has 1 unspecified atom stereocenters. The lowest BCUT2D eigenvalue weighted by Crippen LogP contribution is -2.12. The molecule has 0 aliphatic heterocycles. The fourth-order valence-corrected chi connectivity index (χ4v) is 1.67. The molecule has 0 fully saturated rings. The van der Waals surface area contributed by atoms with Crippen molar-refractivity contribution in [2.45, 2.75) is 5.92 Å². The molecule has 5 heteroatoms. The Morgan fingerprint density at radius 3 is 2.83 bits per heavy atom. The summed E-state index contributed by atoms with van der Waals surface area (Å²) in [6.07, 6.45) is 1.62. The number of carbonyl (C=O) groups excluding carboxylic acids is 1. The first kappa shape index (κ1) is 12.0. The molecule has 90 valence electrons. The van der Waals surface area contributed by atoms with Crippen LogP contribution in [0.25, 0.3) is 0 Å². The Bertz CT molecular complexity index is 627. The Morgan fingerprint density at radius 1 is 1.50 bits per heavy atom. The van der Waals surface area contributed by atoms with Gasteiger partial charge < -0.3 is 0 Å². The van der Waals surface area contributed by atoms with Crippen LogP contribution in [0.5, 0.6) is 0 Å². The number of rotatable bonds is 3. The van der Waals surface area contributed by atoms with E-state index in [1.54, 1.807) is 19.3 Å². The highest BCUT2D eigenvalue weighted by molar-refractivity contribution is 6.01. The van der Waals surface area contributed by atoms with Crippen molar-refractivity contribution in [1.29, 1.82) is 5.26 Å². The molecule has 1 atom stereocenters. The summed E-state index contributed by atoms with van der Waals surface area (Å²) in [6, 6.07) is 8.90. The van der Waals surface area contributed by atoms with Crippen LogP contribution >= 0.6 is 0 Å². The second kappa shape index (κ2) is 4.80. The molecule has 2 aromatic rings. The van der Waals surface area contributed by atoms with E-state index in [0.717, 1.165) is 0 Å². The number of benzene rings is 1. The molecule has 4 nitrogen and oxygen atoms in total. The molecule has 0 spiro atoms. The van der Waals surface area contributed by atoms with Gasteiger partial charge in [0.1, 0.15) is 17.4 Å². The van der Waals surface area contributed by atoms with Crippen LogP contribution in [-0.4, -0.2) is 15.6 Å². The second-order valence-electron chi connectivity index (χ2n) is 3.86. The zero-order valence-electron chi connectivity index (χ0n) is 9.67. The summed E-state index contributed by atoms with van der Waals surface area (Å²) < 4.78 is 14.6. The minimum atomic E-state index is -1.03. The van der Waals surface area contributed by atoms with E-state index in [4.69, 9.17) is 5.26 Å². The third-order valence-corrected chi connectivity index (χ3v) is 2.54. The molecule has 1 heterocycles. The topological polar surface area (TPSA) is 58.7 Å². The maximum atomic E-state index is 13.1. The Kier molecular flexibility index (Phi) is 3.20. The Hall–Kier alpha value is -2.48. The van der Waals surface area contributed by atoms with Crippen molar-refractivity contribution in [2.75, 3.05) is 0 Å². The van der Waals surface area contributed by atoms with E-state index in [1.807, 2.05) is 6.07 Å². The van der Waals surface area contributed by atoms with Crippen LogP contribution in [0.2, 0.25) is 0 Å². The normalized spacial score (nSPS) is 11.8. The van der Waals surface area contributed by atoms with Crippen molar-refractivity contribution < 1.29 is 9.18 Å². The number of halogens is 1. The predicted molar refractivity (Wildman–Crippen MR) is 62.3 cm³/mol. The van der Waals surface area contributed by atoms with Gasteiger partial charge in [0.2, 0.25) is 5.78 Å². The summed E-state index contributed by atoms with van der Waals surface area (Å²) in [5, 5.41) is 13.0. The molecule has 1 aromatic carbocycles. The molecule has 0 radical (unpaired) electrons. The van der Waals surface area contributed by atoms with Gasteiger partial charge in [-0.2, -0.15) is 10.4 Å². The molecule has 0 N–H and O–H groups in total. The average molecular weight is 243 g/mol. The zero-order valence-corrected chi connectivity index (χ0v) is 9.67. The first-order valence-corrected chi connectivity index (χ1v) is 5.31. The summed E-state index contributed by atoms with van der Waals surface area (Å²) in [5.74, 6) is -1.93. The highest BCUT2D eigenvalue weighted by Gasteiger charge is 2.23. The Balaban J connectivity index is 2.35. The molecule has 18 heavy (non-hydrogen) atoms. The number of ketones is 1. The van der Waals surface area contributed by atoms with Gasteiger partial charge in [0.15, 0.2) is 0 Å². The van der Waals surface area contributed by atoms with Gasteiger partial charge in [-0.1, -0.05) is 12.1 Å². The molecule has 0 bridgehead atoms. The van der Waals surface area contributed by atoms with Gasteiger partial charge >= 0.3 is 0 Å². The lowest BCUT2D eigenvalue weighted by atomic mass is 9.94. The first-order chi connectivity index (χ1) is 8.61. The van der Waals surface area contributed by atoms with E-state index in [-0.39, 0.29) is 5.69 Å². The van der Waals surface area contributed by atoms with Gasteiger partial charge in [-0.3, -0.25) is 9.48 Å². The SMILES string of the molecule is Cn1ccc(C(=O)C(C#N)c2cccc(F)c2)n1. The van der Waals surface area contributed by atoms with Crippen molar-refractivity contribution in [1.82, 2.24) is 9.78 Å². The summed E-state index contributed by atoms with van der Waals surface area (Å²) in [5.41, 5.74) is 0.543.